The van der Waals surface area contributed by atoms with Gasteiger partial charge in [-0.05, 0) is 97.9 Å². The Hall–Kier alpha value is -4.38. The van der Waals surface area contributed by atoms with E-state index in [0.717, 1.165) is 54.8 Å². The molecule has 4 N–H and O–H groups in total. The normalized spacial score (nSPS) is 16.5. The van der Waals surface area contributed by atoms with Crippen LogP contribution in [-0.2, 0) is 23.9 Å². The van der Waals surface area contributed by atoms with E-state index in [1.54, 1.807) is 23.1 Å². The van der Waals surface area contributed by atoms with Gasteiger partial charge in [0, 0.05) is 31.1 Å². The number of piperidine rings is 1. The van der Waals surface area contributed by atoms with Gasteiger partial charge in [-0.2, -0.15) is 13.2 Å². The fraction of sp³-hybridized carbons (Fsp3) is 0.382. The van der Waals surface area contributed by atoms with Crippen molar-refractivity contribution in [3.8, 4) is 11.1 Å². The molecule has 45 heavy (non-hydrogen) atoms. The molecule has 5 rings (SSSR count). The van der Waals surface area contributed by atoms with Gasteiger partial charge >= 0.3 is 12.2 Å². The third kappa shape index (κ3) is 8.02. The average Bonchev–Trinajstić information content (AvgIpc) is 3.03. The molecule has 0 unspecified atom stereocenters. The summed E-state index contributed by atoms with van der Waals surface area (Å²) in [5.74, 6) is -0.670. The van der Waals surface area contributed by atoms with Gasteiger partial charge in [0.2, 0.25) is 5.91 Å². The highest BCUT2D eigenvalue weighted by molar-refractivity contribution is 5.94. The fourth-order valence-electron chi connectivity index (χ4n) is 6.06. The zero-order valence-electron chi connectivity index (χ0n) is 25.2. The molecule has 0 radical (unpaired) electrons. The summed E-state index contributed by atoms with van der Waals surface area (Å²) in [6, 6.07) is 17.0. The summed E-state index contributed by atoms with van der Waals surface area (Å²) >= 11 is 0. The van der Waals surface area contributed by atoms with Gasteiger partial charge in [-0.3, -0.25) is 9.59 Å². The standard InChI is InChI=1S/C34H38F3N5O3/c1-41-17-14-27(15-18-41)39-32(44)24-5-2-4-23(20-24)30(12-13-31(38)43)40-33(45)42-19-16-29-25(21-42)6-3-7-28(29)22-8-10-26(11-9-22)34(35,36)37/h2-11,20,27,30H,12-19,21H2,1H3,(H2,38,43)(H,39,44)(H,40,45)/t30-/m0/s1. The number of hydrogen-bond donors (Lipinski definition) is 3. The van der Waals surface area contributed by atoms with Crippen LogP contribution in [0.5, 0.6) is 0 Å². The molecule has 2 heterocycles. The van der Waals surface area contributed by atoms with Crippen LogP contribution in [0.3, 0.4) is 0 Å². The van der Waals surface area contributed by atoms with Crippen LogP contribution in [0, 0.1) is 0 Å². The van der Waals surface area contributed by atoms with Crippen molar-refractivity contribution in [2.24, 2.45) is 5.73 Å². The van der Waals surface area contributed by atoms with Crippen molar-refractivity contribution in [2.75, 3.05) is 26.7 Å². The summed E-state index contributed by atoms with van der Waals surface area (Å²) in [5.41, 5.74) is 9.35. The van der Waals surface area contributed by atoms with Crippen molar-refractivity contribution in [1.29, 1.82) is 0 Å². The predicted octanol–water partition coefficient (Wildman–Crippen LogP) is 5.27. The Morgan fingerprint density at radius 1 is 0.978 bits per heavy atom. The highest BCUT2D eigenvalue weighted by Crippen LogP contribution is 2.34. The lowest BCUT2D eigenvalue weighted by Gasteiger charge is -2.32. The van der Waals surface area contributed by atoms with E-state index in [4.69, 9.17) is 5.73 Å². The number of nitrogens with one attached hydrogen (secondary N) is 2. The molecular weight excluding hydrogens is 583 g/mol. The summed E-state index contributed by atoms with van der Waals surface area (Å²) in [5, 5.41) is 6.16. The Balaban J connectivity index is 1.29. The Kier molecular flexibility index (Phi) is 9.77. The van der Waals surface area contributed by atoms with Crippen molar-refractivity contribution in [3.05, 3.63) is 94.5 Å². The second kappa shape index (κ2) is 13.7. The van der Waals surface area contributed by atoms with E-state index in [1.807, 2.05) is 24.3 Å². The smallest absolute Gasteiger partial charge is 0.370 e. The molecule has 0 saturated carbocycles. The molecule has 4 amide bonds. The number of nitrogens with zero attached hydrogens (tertiary/aromatic N) is 2. The number of rotatable bonds is 8. The molecule has 238 valence electrons. The molecule has 2 aliphatic rings. The molecule has 0 aliphatic carbocycles. The van der Waals surface area contributed by atoms with Gasteiger partial charge in [0.25, 0.3) is 5.91 Å². The van der Waals surface area contributed by atoms with Crippen LogP contribution in [-0.4, -0.2) is 60.4 Å². The Bertz CT molecular complexity index is 1530. The molecule has 0 aromatic heterocycles. The average molecular weight is 622 g/mol. The fourth-order valence-corrected chi connectivity index (χ4v) is 6.06. The molecule has 0 bridgehead atoms. The quantitative estimate of drug-likeness (QED) is 0.319. The zero-order chi connectivity index (χ0) is 32.1. The minimum atomic E-state index is -4.40. The van der Waals surface area contributed by atoms with Crippen LogP contribution < -0.4 is 16.4 Å². The lowest BCUT2D eigenvalue weighted by molar-refractivity contribution is -0.137. The van der Waals surface area contributed by atoms with Crippen LogP contribution in [0.1, 0.15) is 64.3 Å². The minimum absolute atomic E-state index is 0.0519. The van der Waals surface area contributed by atoms with Crippen molar-refractivity contribution in [1.82, 2.24) is 20.4 Å². The number of fused-ring (bicyclic) bond motifs is 1. The number of hydrogen-bond acceptors (Lipinski definition) is 4. The molecule has 2 aliphatic heterocycles. The van der Waals surface area contributed by atoms with Crippen molar-refractivity contribution in [2.45, 2.75) is 56.9 Å². The first kappa shape index (κ1) is 32.0. The maximum absolute atomic E-state index is 13.5. The first-order chi connectivity index (χ1) is 21.5. The molecule has 1 atom stereocenters. The van der Waals surface area contributed by atoms with E-state index in [0.29, 0.717) is 36.2 Å². The zero-order valence-corrected chi connectivity index (χ0v) is 25.2. The summed E-state index contributed by atoms with van der Waals surface area (Å²) in [6.45, 7) is 2.56. The monoisotopic (exact) mass is 621 g/mol. The van der Waals surface area contributed by atoms with Crippen LogP contribution in [0.25, 0.3) is 11.1 Å². The van der Waals surface area contributed by atoms with Gasteiger partial charge in [0.05, 0.1) is 11.6 Å². The second-order valence-electron chi connectivity index (χ2n) is 11.9. The van der Waals surface area contributed by atoms with Crippen molar-refractivity contribution in [3.63, 3.8) is 0 Å². The first-order valence-electron chi connectivity index (χ1n) is 15.2. The topological polar surface area (TPSA) is 108 Å². The summed E-state index contributed by atoms with van der Waals surface area (Å²) in [6.07, 6.45) is -1.80. The van der Waals surface area contributed by atoms with E-state index in [2.05, 4.69) is 22.6 Å². The first-order valence-corrected chi connectivity index (χ1v) is 15.2. The van der Waals surface area contributed by atoms with E-state index in [9.17, 15) is 27.6 Å². The maximum Gasteiger partial charge on any atom is 0.416 e. The molecule has 3 aromatic rings. The number of urea groups is 1. The van der Waals surface area contributed by atoms with E-state index < -0.39 is 23.7 Å². The number of amides is 4. The van der Waals surface area contributed by atoms with E-state index >= 15 is 0 Å². The minimum Gasteiger partial charge on any atom is -0.370 e. The highest BCUT2D eigenvalue weighted by atomic mass is 19.4. The largest absolute Gasteiger partial charge is 0.416 e. The third-order valence-corrected chi connectivity index (χ3v) is 8.66. The van der Waals surface area contributed by atoms with Gasteiger partial charge in [-0.15, -0.1) is 0 Å². The Labute approximate surface area is 260 Å². The number of alkyl halides is 3. The van der Waals surface area contributed by atoms with Gasteiger partial charge in [-0.1, -0.05) is 42.5 Å². The van der Waals surface area contributed by atoms with Crippen LogP contribution in [0.4, 0.5) is 18.0 Å². The molecule has 1 saturated heterocycles. The Morgan fingerprint density at radius 3 is 2.38 bits per heavy atom. The van der Waals surface area contributed by atoms with Gasteiger partial charge in [0.1, 0.15) is 0 Å². The lowest BCUT2D eigenvalue weighted by Crippen LogP contribution is -2.44. The number of nitrogens with two attached hydrogens (primary N) is 1. The number of carbonyl (C=O) groups excluding carboxylic acids is 3. The van der Waals surface area contributed by atoms with Crippen molar-refractivity contribution >= 4 is 17.8 Å². The molecule has 11 heteroatoms. The van der Waals surface area contributed by atoms with E-state index in [1.165, 1.54) is 12.1 Å². The number of primary amides is 1. The second-order valence-corrected chi connectivity index (χ2v) is 11.9. The van der Waals surface area contributed by atoms with Gasteiger partial charge in [0.15, 0.2) is 0 Å². The van der Waals surface area contributed by atoms with Crippen LogP contribution >= 0.6 is 0 Å². The number of benzene rings is 3. The van der Waals surface area contributed by atoms with Gasteiger partial charge in [-0.25, -0.2) is 4.79 Å². The summed E-state index contributed by atoms with van der Waals surface area (Å²) in [7, 11) is 2.06. The number of halogens is 3. The summed E-state index contributed by atoms with van der Waals surface area (Å²) < 4.78 is 39.2. The van der Waals surface area contributed by atoms with Crippen LogP contribution in [0.15, 0.2) is 66.7 Å². The third-order valence-electron chi connectivity index (χ3n) is 8.66. The van der Waals surface area contributed by atoms with Crippen LogP contribution in [0.2, 0.25) is 0 Å². The number of carbonyl (C=O) groups is 3. The van der Waals surface area contributed by atoms with Gasteiger partial charge < -0.3 is 26.2 Å². The molecule has 3 aromatic carbocycles. The molecular formula is C34H38F3N5O3. The maximum atomic E-state index is 13.5. The predicted molar refractivity (Wildman–Crippen MR) is 165 cm³/mol. The SMILES string of the molecule is CN1CCC(NC(=O)c2cccc([C@H](CCC(N)=O)NC(=O)N3CCc4c(cccc4-c4ccc(C(F)(F)F)cc4)C3)c2)CC1. The lowest BCUT2D eigenvalue weighted by atomic mass is 9.90. The summed E-state index contributed by atoms with van der Waals surface area (Å²) in [4.78, 5) is 42.2. The molecule has 8 nitrogen and oxygen atoms in total. The van der Waals surface area contributed by atoms with E-state index in [-0.39, 0.29) is 30.8 Å². The highest BCUT2D eigenvalue weighted by Gasteiger charge is 2.30. The molecule has 0 spiro atoms. The Morgan fingerprint density at radius 2 is 1.69 bits per heavy atom. The number of likely N-dealkylation sites (tertiary alicyclic amines) is 1. The van der Waals surface area contributed by atoms with Crippen molar-refractivity contribution < 1.29 is 27.6 Å². The molecule has 1 fully saturated rings.